The summed E-state index contributed by atoms with van der Waals surface area (Å²) in [5.74, 6) is 1.15. The van der Waals surface area contributed by atoms with Crippen LogP contribution in [-0.4, -0.2) is 66.6 Å². The van der Waals surface area contributed by atoms with Crippen molar-refractivity contribution in [3.63, 3.8) is 0 Å². The predicted molar refractivity (Wildman–Crippen MR) is 108 cm³/mol. The molecule has 1 saturated heterocycles. The molecule has 1 atom stereocenters. The van der Waals surface area contributed by atoms with Crippen molar-refractivity contribution in [2.75, 3.05) is 33.8 Å². The van der Waals surface area contributed by atoms with E-state index in [9.17, 15) is 9.59 Å². The molecule has 2 amide bonds. The molecular weight excluding hydrogens is 372 g/mol. The molecule has 1 aromatic heterocycles. The van der Waals surface area contributed by atoms with Gasteiger partial charge in [0.15, 0.2) is 5.76 Å². The summed E-state index contributed by atoms with van der Waals surface area (Å²) in [4.78, 5) is 28.6. The molecule has 0 saturated carbocycles. The number of amides is 2. The summed E-state index contributed by atoms with van der Waals surface area (Å²) < 4.78 is 10.4. The number of piperazine rings is 1. The Hall–Kier alpha value is -3.13. The Bertz CT molecular complexity index is 850. The Morgan fingerprint density at radius 3 is 3.00 bits per heavy atom. The fraction of sp³-hybridized carbons (Fsp3) is 0.381. The summed E-state index contributed by atoms with van der Waals surface area (Å²) in [6, 6.07) is 8.95. The maximum Gasteiger partial charge on any atom is 0.237 e. The normalized spacial score (nSPS) is 17.3. The van der Waals surface area contributed by atoms with E-state index in [4.69, 9.17) is 9.26 Å². The van der Waals surface area contributed by atoms with Crippen LogP contribution in [0.5, 0.6) is 5.75 Å². The van der Waals surface area contributed by atoms with E-state index in [0.717, 1.165) is 11.3 Å². The quantitative estimate of drug-likeness (QED) is 0.726. The Kier molecular flexibility index (Phi) is 7.02. The number of carbonyl (C=O) groups excluding carboxylic acids is 2. The molecule has 8 heteroatoms. The molecule has 2 heterocycles. The second-order valence-corrected chi connectivity index (χ2v) is 6.88. The Morgan fingerprint density at radius 1 is 1.41 bits per heavy atom. The van der Waals surface area contributed by atoms with Crippen molar-refractivity contribution in [3.8, 4) is 5.75 Å². The average Bonchev–Trinajstić information content (AvgIpc) is 3.23. The summed E-state index contributed by atoms with van der Waals surface area (Å²) in [5.41, 5.74) is 0.968. The third-order valence-corrected chi connectivity index (χ3v) is 4.90. The predicted octanol–water partition coefficient (Wildman–Crippen LogP) is 1.55. The molecule has 2 aromatic rings. The molecule has 0 aliphatic carbocycles. The highest BCUT2D eigenvalue weighted by atomic mass is 16.5. The van der Waals surface area contributed by atoms with Gasteiger partial charge >= 0.3 is 0 Å². The van der Waals surface area contributed by atoms with Gasteiger partial charge in [-0.25, -0.2) is 0 Å². The van der Waals surface area contributed by atoms with Gasteiger partial charge in [-0.2, -0.15) is 0 Å². The lowest BCUT2D eigenvalue weighted by Gasteiger charge is -2.34. The van der Waals surface area contributed by atoms with Crippen LogP contribution in [0.15, 0.2) is 47.1 Å². The lowest BCUT2D eigenvalue weighted by atomic mass is 10.1. The van der Waals surface area contributed by atoms with Crippen LogP contribution < -0.4 is 10.1 Å². The van der Waals surface area contributed by atoms with Gasteiger partial charge in [-0.05, 0) is 6.07 Å². The number of carbonyl (C=O) groups is 2. The van der Waals surface area contributed by atoms with Gasteiger partial charge in [0.05, 0.1) is 32.3 Å². The van der Waals surface area contributed by atoms with Gasteiger partial charge in [0.2, 0.25) is 11.8 Å². The molecular formula is C21H26N4O4. The van der Waals surface area contributed by atoms with Crippen molar-refractivity contribution in [2.24, 2.45) is 0 Å². The van der Waals surface area contributed by atoms with Gasteiger partial charge in [0.1, 0.15) is 5.75 Å². The number of methoxy groups -OCH3 is 1. The van der Waals surface area contributed by atoms with Crippen LogP contribution in [0.2, 0.25) is 0 Å². The molecule has 29 heavy (non-hydrogen) atoms. The average molecular weight is 398 g/mol. The number of rotatable bonds is 8. The molecule has 1 aliphatic heterocycles. The third kappa shape index (κ3) is 5.45. The van der Waals surface area contributed by atoms with Gasteiger partial charge in [-0.3, -0.25) is 14.5 Å². The first-order chi connectivity index (χ1) is 14.1. The molecule has 1 aliphatic rings. The molecule has 1 fully saturated rings. The van der Waals surface area contributed by atoms with E-state index in [-0.39, 0.29) is 18.2 Å². The minimum atomic E-state index is -0.504. The van der Waals surface area contributed by atoms with E-state index in [1.165, 1.54) is 6.20 Å². The Morgan fingerprint density at radius 2 is 2.24 bits per heavy atom. The fourth-order valence-corrected chi connectivity index (χ4v) is 3.29. The first kappa shape index (κ1) is 20.6. The van der Waals surface area contributed by atoms with Gasteiger partial charge in [-0.15, -0.1) is 0 Å². The summed E-state index contributed by atoms with van der Waals surface area (Å²) >= 11 is 0. The number of para-hydroxylation sites is 1. The molecule has 0 bridgehead atoms. The molecule has 3 rings (SSSR count). The zero-order valence-electron chi connectivity index (χ0n) is 16.7. The largest absolute Gasteiger partial charge is 0.496 e. The zero-order valence-corrected chi connectivity index (χ0v) is 16.7. The van der Waals surface area contributed by atoms with Crippen LogP contribution in [0.25, 0.3) is 6.08 Å². The molecule has 0 unspecified atom stereocenters. The lowest BCUT2D eigenvalue weighted by molar-refractivity contribution is -0.138. The Labute approximate surface area is 170 Å². The first-order valence-corrected chi connectivity index (χ1v) is 9.53. The second kappa shape index (κ2) is 9.88. The van der Waals surface area contributed by atoms with Crippen molar-refractivity contribution in [1.29, 1.82) is 0 Å². The van der Waals surface area contributed by atoms with E-state index in [0.29, 0.717) is 31.9 Å². The number of hydrogen-bond acceptors (Lipinski definition) is 6. The van der Waals surface area contributed by atoms with Crippen molar-refractivity contribution in [1.82, 2.24) is 20.3 Å². The summed E-state index contributed by atoms with van der Waals surface area (Å²) in [6.45, 7) is 2.14. The molecule has 1 N–H and O–H groups in total. The number of ether oxygens (including phenoxy) is 1. The van der Waals surface area contributed by atoms with E-state index < -0.39 is 6.04 Å². The van der Waals surface area contributed by atoms with Crippen molar-refractivity contribution in [3.05, 3.63) is 53.9 Å². The van der Waals surface area contributed by atoms with Crippen molar-refractivity contribution < 1.29 is 18.8 Å². The molecule has 154 valence electrons. The molecule has 0 radical (unpaired) electrons. The number of hydrogen-bond donors (Lipinski definition) is 1. The minimum absolute atomic E-state index is 0.110. The van der Waals surface area contributed by atoms with Gasteiger partial charge in [0.25, 0.3) is 0 Å². The van der Waals surface area contributed by atoms with Gasteiger partial charge < -0.3 is 19.5 Å². The van der Waals surface area contributed by atoms with Gasteiger partial charge in [-0.1, -0.05) is 35.5 Å². The number of nitrogens with one attached hydrogen (secondary N) is 1. The topological polar surface area (TPSA) is 87.9 Å². The summed E-state index contributed by atoms with van der Waals surface area (Å²) in [6.07, 6.45) is 5.61. The van der Waals surface area contributed by atoms with Crippen LogP contribution in [0.1, 0.15) is 17.7 Å². The number of benzene rings is 1. The highest BCUT2D eigenvalue weighted by Crippen LogP contribution is 2.19. The van der Waals surface area contributed by atoms with Crippen molar-refractivity contribution >= 4 is 17.9 Å². The standard InChI is InChI=1S/C21H26N4O4/c1-24(15-17-9-10-23-29-17)20(26)14-18-21(27)22-11-13-25(18)12-5-7-16-6-3-4-8-19(16)28-2/h3-10,18H,11-15H2,1-2H3,(H,22,27)/b7-5+/t18-/m0/s1. The minimum Gasteiger partial charge on any atom is -0.496 e. The number of nitrogens with zero attached hydrogens (tertiary/aromatic N) is 3. The SMILES string of the molecule is COc1ccccc1/C=C/CN1CCNC(=O)[C@@H]1CC(=O)N(C)Cc1ccno1. The summed E-state index contributed by atoms with van der Waals surface area (Å²) in [7, 11) is 3.33. The summed E-state index contributed by atoms with van der Waals surface area (Å²) in [5, 5.41) is 6.50. The van der Waals surface area contributed by atoms with Gasteiger partial charge in [0, 0.05) is 38.3 Å². The van der Waals surface area contributed by atoms with Crippen LogP contribution >= 0.6 is 0 Å². The highest BCUT2D eigenvalue weighted by Gasteiger charge is 2.31. The van der Waals surface area contributed by atoms with Crippen LogP contribution in [0, 0.1) is 0 Å². The van der Waals surface area contributed by atoms with Crippen molar-refractivity contribution in [2.45, 2.75) is 19.0 Å². The molecule has 8 nitrogen and oxygen atoms in total. The second-order valence-electron chi connectivity index (χ2n) is 6.88. The number of aromatic nitrogens is 1. The smallest absolute Gasteiger partial charge is 0.237 e. The van der Waals surface area contributed by atoms with E-state index in [2.05, 4.69) is 10.5 Å². The third-order valence-electron chi connectivity index (χ3n) is 4.90. The van der Waals surface area contributed by atoms with E-state index in [1.54, 1.807) is 25.1 Å². The van der Waals surface area contributed by atoms with Crippen LogP contribution in [-0.2, 0) is 16.1 Å². The zero-order chi connectivity index (χ0) is 20.6. The monoisotopic (exact) mass is 398 g/mol. The van der Waals surface area contributed by atoms with E-state index >= 15 is 0 Å². The molecule has 0 spiro atoms. The fourth-order valence-electron chi connectivity index (χ4n) is 3.29. The Balaban J connectivity index is 1.62. The molecule has 1 aromatic carbocycles. The maximum atomic E-state index is 12.6. The highest BCUT2D eigenvalue weighted by molar-refractivity contribution is 5.88. The first-order valence-electron chi connectivity index (χ1n) is 9.53. The lowest BCUT2D eigenvalue weighted by Crippen LogP contribution is -2.56. The van der Waals surface area contributed by atoms with Crippen LogP contribution in [0.3, 0.4) is 0 Å². The van der Waals surface area contributed by atoms with Crippen LogP contribution in [0.4, 0.5) is 0 Å². The maximum absolute atomic E-state index is 12.6. The van der Waals surface area contributed by atoms with E-state index in [1.807, 2.05) is 41.3 Å².